The monoisotopic (exact) mass is 410 g/mol. The van der Waals surface area contributed by atoms with Gasteiger partial charge in [-0.05, 0) is 19.3 Å². The fraction of sp³-hybridized carbons (Fsp3) is 1.00. The lowest BCUT2D eigenvalue weighted by Crippen LogP contribution is -2.61. The van der Waals surface area contributed by atoms with Crippen LogP contribution < -0.4 is 0 Å². The van der Waals surface area contributed by atoms with Gasteiger partial charge in [-0.2, -0.15) is 0 Å². The van der Waals surface area contributed by atoms with E-state index < -0.39 is 12.4 Å². The second kappa shape index (κ2) is 13.5. The zero-order valence-electron chi connectivity index (χ0n) is 15.4. The van der Waals surface area contributed by atoms with Crippen LogP contribution in [-0.2, 0) is 18.9 Å². The van der Waals surface area contributed by atoms with E-state index in [1.54, 1.807) is 0 Å². The number of hydrogen-bond acceptors (Lipinski definition) is 5. The summed E-state index contributed by atoms with van der Waals surface area (Å²) in [4.78, 5) is 0. The highest BCUT2D eigenvalue weighted by molar-refractivity contribution is 9.09. The van der Waals surface area contributed by atoms with Gasteiger partial charge in [0.05, 0.1) is 6.10 Å². The standard InChI is InChI=1S/C18H35BrO5/c1-4-7-10-21-15-14(13-19)24-18(20)17(23-12-9-6-3)16(15)22-11-8-5-2/h14-18,20H,4-13H2,1-3H3/t14-,15-,16?,17-,18?/m1/s1. The van der Waals surface area contributed by atoms with Crippen LogP contribution in [0.3, 0.4) is 0 Å². The third kappa shape index (κ3) is 7.26. The molecule has 5 nitrogen and oxygen atoms in total. The molecule has 5 atom stereocenters. The highest BCUT2D eigenvalue weighted by Crippen LogP contribution is 2.28. The van der Waals surface area contributed by atoms with E-state index in [0.29, 0.717) is 25.2 Å². The van der Waals surface area contributed by atoms with Crippen LogP contribution in [0.1, 0.15) is 59.3 Å². The van der Waals surface area contributed by atoms with Crippen molar-refractivity contribution in [1.82, 2.24) is 0 Å². The molecule has 0 aromatic rings. The first-order valence-electron chi connectivity index (χ1n) is 9.43. The average molecular weight is 411 g/mol. The molecular weight excluding hydrogens is 376 g/mol. The predicted molar refractivity (Wildman–Crippen MR) is 98.6 cm³/mol. The summed E-state index contributed by atoms with van der Waals surface area (Å²) in [7, 11) is 0. The number of hydrogen-bond donors (Lipinski definition) is 1. The topological polar surface area (TPSA) is 57.2 Å². The van der Waals surface area contributed by atoms with Crippen LogP contribution in [0.15, 0.2) is 0 Å². The quantitative estimate of drug-likeness (QED) is 0.370. The summed E-state index contributed by atoms with van der Waals surface area (Å²) in [5, 5.41) is 11.0. The minimum Gasteiger partial charge on any atom is -0.373 e. The summed E-state index contributed by atoms with van der Waals surface area (Å²) in [5.74, 6) is 0. The summed E-state index contributed by atoms with van der Waals surface area (Å²) < 4.78 is 23.8. The summed E-state index contributed by atoms with van der Waals surface area (Å²) in [6.45, 7) is 8.29. The zero-order valence-corrected chi connectivity index (χ0v) is 17.0. The number of ether oxygens (including phenoxy) is 4. The van der Waals surface area contributed by atoms with Crippen molar-refractivity contribution in [2.24, 2.45) is 0 Å². The molecular formula is C18H35BrO5. The normalized spacial score (nSPS) is 30.6. The highest BCUT2D eigenvalue weighted by atomic mass is 79.9. The number of aliphatic hydroxyl groups is 1. The first-order chi connectivity index (χ1) is 11.7. The smallest absolute Gasteiger partial charge is 0.184 e. The Hall–Kier alpha value is 0.280. The molecule has 1 rings (SSSR count). The van der Waals surface area contributed by atoms with Crippen molar-refractivity contribution in [3.8, 4) is 0 Å². The van der Waals surface area contributed by atoms with Gasteiger partial charge in [0, 0.05) is 25.2 Å². The SMILES string of the molecule is CCCCOC1[C@@H](OCCCC)C(O)O[C@H](CBr)[C@H]1OCCCC. The molecule has 24 heavy (non-hydrogen) atoms. The minimum atomic E-state index is -0.984. The van der Waals surface area contributed by atoms with Gasteiger partial charge in [0.15, 0.2) is 6.29 Å². The maximum absolute atomic E-state index is 10.4. The van der Waals surface area contributed by atoms with E-state index in [0.717, 1.165) is 38.5 Å². The maximum Gasteiger partial charge on any atom is 0.184 e. The van der Waals surface area contributed by atoms with Crippen molar-refractivity contribution in [3.05, 3.63) is 0 Å². The summed E-state index contributed by atoms with van der Waals surface area (Å²) in [6.07, 6.45) is 3.85. The van der Waals surface area contributed by atoms with Crippen LogP contribution in [0.5, 0.6) is 0 Å². The van der Waals surface area contributed by atoms with Gasteiger partial charge in [0.25, 0.3) is 0 Å². The molecule has 1 heterocycles. The Morgan fingerprint density at radius 2 is 1.25 bits per heavy atom. The Morgan fingerprint density at radius 1 is 0.792 bits per heavy atom. The minimum absolute atomic E-state index is 0.234. The molecule has 6 heteroatoms. The van der Waals surface area contributed by atoms with Crippen molar-refractivity contribution >= 4 is 15.9 Å². The average Bonchev–Trinajstić information content (AvgIpc) is 2.58. The molecule has 0 radical (unpaired) electrons. The van der Waals surface area contributed by atoms with E-state index in [1.807, 2.05) is 0 Å². The second-order valence-electron chi connectivity index (χ2n) is 6.29. The molecule has 1 aliphatic rings. The van der Waals surface area contributed by atoms with Crippen LogP contribution in [0.4, 0.5) is 0 Å². The molecule has 0 bridgehead atoms. The third-order valence-electron chi connectivity index (χ3n) is 4.19. The predicted octanol–water partition coefficient (Wildman–Crippen LogP) is 3.65. The molecule has 0 saturated carbocycles. The van der Waals surface area contributed by atoms with Crippen molar-refractivity contribution in [3.63, 3.8) is 0 Å². The van der Waals surface area contributed by atoms with Crippen LogP contribution in [-0.4, -0.2) is 61.0 Å². The molecule has 0 spiro atoms. The molecule has 1 fully saturated rings. The lowest BCUT2D eigenvalue weighted by atomic mass is 9.99. The van der Waals surface area contributed by atoms with Gasteiger partial charge >= 0.3 is 0 Å². The lowest BCUT2D eigenvalue weighted by molar-refractivity contribution is -0.302. The number of aliphatic hydroxyl groups excluding tert-OH is 1. The Morgan fingerprint density at radius 3 is 1.71 bits per heavy atom. The summed E-state index contributed by atoms with van der Waals surface area (Å²) in [5.41, 5.74) is 0. The first-order valence-corrected chi connectivity index (χ1v) is 10.6. The van der Waals surface area contributed by atoms with E-state index >= 15 is 0 Å². The Balaban J connectivity index is 2.79. The molecule has 1 N–H and O–H groups in total. The highest BCUT2D eigenvalue weighted by Gasteiger charge is 2.47. The van der Waals surface area contributed by atoms with Crippen LogP contribution in [0.2, 0.25) is 0 Å². The van der Waals surface area contributed by atoms with Gasteiger partial charge < -0.3 is 24.1 Å². The van der Waals surface area contributed by atoms with Crippen molar-refractivity contribution in [2.75, 3.05) is 25.2 Å². The number of rotatable bonds is 13. The van der Waals surface area contributed by atoms with E-state index in [9.17, 15) is 5.11 Å². The molecule has 0 aromatic heterocycles. The van der Waals surface area contributed by atoms with Gasteiger partial charge in [0.1, 0.15) is 18.3 Å². The lowest BCUT2D eigenvalue weighted by Gasteiger charge is -2.44. The van der Waals surface area contributed by atoms with Crippen LogP contribution in [0, 0.1) is 0 Å². The number of alkyl halides is 1. The molecule has 1 saturated heterocycles. The van der Waals surface area contributed by atoms with E-state index in [4.69, 9.17) is 18.9 Å². The van der Waals surface area contributed by atoms with Crippen molar-refractivity contribution in [1.29, 1.82) is 0 Å². The molecule has 0 aromatic carbocycles. The molecule has 0 amide bonds. The van der Waals surface area contributed by atoms with E-state index in [1.165, 1.54) is 0 Å². The maximum atomic E-state index is 10.4. The number of unbranched alkanes of at least 4 members (excludes halogenated alkanes) is 3. The van der Waals surface area contributed by atoms with Gasteiger partial charge in [-0.3, -0.25) is 0 Å². The molecule has 0 aliphatic carbocycles. The first kappa shape index (κ1) is 22.3. The fourth-order valence-electron chi connectivity index (χ4n) is 2.68. The van der Waals surface area contributed by atoms with Crippen LogP contribution in [0.25, 0.3) is 0 Å². The second-order valence-corrected chi connectivity index (χ2v) is 6.93. The molecule has 2 unspecified atom stereocenters. The van der Waals surface area contributed by atoms with Gasteiger partial charge in [-0.15, -0.1) is 0 Å². The Kier molecular flexibility index (Phi) is 12.5. The van der Waals surface area contributed by atoms with Crippen LogP contribution >= 0.6 is 15.9 Å². The largest absolute Gasteiger partial charge is 0.373 e. The molecule has 1 aliphatic heterocycles. The summed E-state index contributed by atoms with van der Waals surface area (Å²) >= 11 is 3.47. The molecule has 144 valence electrons. The van der Waals surface area contributed by atoms with Gasteiger partial charge in [-0.1, -0.05) is 56.0 Å². The zero-order chi connectivity index (χ0) is 17.8. The third-order valence-corrected chi connectivity index (χ3v) is 4.82. The van der Waals surface area contributed by atoms with E-state index in [2.05, 4.69) is 36.7 Å². The number of halogens is 1. The summed E-state index contributed by atoms with van der Waals surface area (Å²) in [6, 6.07) is 0. The van der Waals surface area contributed by atoms with Gasteiger partial charge in [-0.25, -0.2) is 0 Å². The van der Waals surface area contributed by atoms with Gasteiger partial charge in [0.2, 0.25) is 0 Å². The van der Waals surface area contributed by atoms with E-state index in [-0.39, 0.29) is 18.3 Å². The van der Waals surface area contributed by atoms with Crippen molar-refractivity contribution in [2.45, 2.75) is 90.0 Å². The Labute approximate surface area is 155 Å². The Bertz CT molecular complexity index is 305. The van der Waals surface area contributed by atoms with Crippen molar-refractivity contribution < 1.29 is 24.1 Å². The fourth-order valence-corrected chi connectivity index (χ4v) is 3.20.